The number of methoxy groups -OCH3 is 1. The molecule has 0 aliphatic carbocycles. The molecule has 2 atom stereocenters. The summed E-state index contributed by atoms with van der Waals surface area (Å²) in [6.45, 7) is 2.15. The summed E-state index contributed by atoms with van der Waals surface area (Å²) in [5.41, 5.74) is 1.08. The lowest BCUT2D eigenvalue weighted by molar-refractivity contribution is -0.154. The van der Waals surface area contributed by atoms with Crippen molar-refractivity contribution in [3.8, 4) is 17.6 Å². The van der Waals surface area contributed by atoms with Crippen LogP contribution in [0.2, 0.25) is 0 Å². The molecule has 1 heterocycles. The minimum Gasteiger partial charge on any atom is -0.497 e. The zero-order valence-electron chi connectivity index (χ0n) is 14.9. The Balaban J connectivity index is 1.50. The second kappa shape index (κ2) is 11.9. The summed E-state index contributed by atoms with van der Waals surface area (Å²) in [6, 6.07) is 7.75. The van der Waals surface area contributed by atoms with Crippen molar-refractivity contribution < 1.29 is 24.1 Å². The lowest BCUT2D eigenvalue weighted by atomic mass is 10.2. The Labute approximate surface area is 150 Å². The molecule has 2 rings (SSSR count). The molecule has 0 bridgehead atoms. The highest BCUT2D eigenvalue weighted by molar-refractivity contribution is 5.26. The van der Waals surface area contributed by atoms with Gasteiger partial charge >= 0.3 is 0 Å². The van der Waals surface area contributed by atoms with Crippen LogP contribution in [0.15, 0.2) is 24.3 Å². The lowest BCUT2D eigenvalue weighted by Gasteiger charge is -2.21. The number of rotatable bonds is 9. The average Bonchev–Trinajstić information content (AvgIpc) is 2.66. The summed E-state index contributed by atoms with van der Waals surface area (Å²) >= 11 is 0. The predicted molar refractivity (Wildman–Crippen MR) is 95.2 cm³/mol. The summed E-state index contributed by atoms with van der Waals surface area (Å²) in [5, 5.41) is 9.90. The van der Waals surface area contributed by atoms with Gasteiger partial charge < -0.3 is 24.1 Å². The Bertz CT molecular complexity index is 525. The quantitative estimate of drug-likeness (QED) is 0.549. The van der Waals surface area contributed by atoms with Gasteiger partial charge in [0.15, 0.2) is 6.29 Å². The molecule has 0 saturated carbocycles. The van der Waals surface area contributed by atoms with Crippen molar-refractivity contribution in [3.63, 3.8) is 0 Å². The summed E-state index contributed by atoms with van der Waals surface area (Å²) in [6.07, 6.45) is 3.60. The molecular weight excluding hydrogens is 320 g/mol. The first-order valence-corrected chi connectivity index (χ1v) is 8.85. The zero-order chi connectivity index (χ0) is 17.7. The third kappa shape index (κ3) is 8.37. The summed E-state index contributed by atoms with van der Waals surface area (Å²) < 4.78 is 21.7. The monoisotopic (exact) mass is 348 g/mol. The molecule has 0 spiro atoms. The fourth-order valence-electron chi connectivity index (χ4n) is 2.45. The number of hydrogen-bond acceptors (Lipinski definition) is 5. The Kier molecular flexibility index (Phi) is 9.38. The maximum atomic E-state index is 9.90. The highest BCUT2D eigenvalue weighted by atomic mass is 16.7. The van der Waals surface area contributed by atoms with E-state index in [1.807, 2.05) is 24.3 Å². The van der Waals surface area contributed by atoms with Crippen LogP contribution in [0, 0.1) is 11.8 Å². The van der Waals surface area contributed by atoms with E-state index < -0.39 is 6.10 Å². The van der Waals surface area contributed by atoms with Gasteiger partial charge in [-0.15, -0.1) is 0 Å². The maximum Gasteiger partial charge on any atom is 0.158 e. The number of aliphatic hydroxyl groups is 1. The van der Waals surface area contributed by atoms with Crippen LogP contribution in [0.4, 0.5) is 0 Å². The highest BCUT2D eigenvalue weighted by Crippen LogP contribution is 2.13. The molecule has 0 radical (unpaired) electrons. The first kappa shape index (κ1) is 19.7. The van der Waals surface area contributed by atoms with Gasteiger partial charge in [-0.2, -0.15) is 0 Å². The Morgan fingerprint density at radius 1 is 1.24 bits per heavy atom. The molecule has 25 heavy (non-hydrogen) atoms. The SMILES string of the molecule is COc1ccc(COCC[C@H](O)CC#CCOC2CCCCO2)cc1. The van der Waals surface area contributed by atoms with Gasteiger partial charge in [0.05, 0.1) is 19.8 Å². The number of aliphatic hydroxyl groups excluding tert-OH is 1. The molecule has 1 fully saturated rings. The Morgan fingerprint density at radius 3 is 2.80 bits per heavy atom. The first-order chi connectivity index (χ1) is 12.3. The number of hydrogen-bond donors (Lipinski definition) is 1. The van der Waals surface area contributed by atoms with Gasteiger partial charge in [0.1, 0.15) is 12.4 Å². The molecule has 1 aliphatic heterocycles. The smallest absolute Gasteiger partial charge is 0.158 e. The minimum absolute atomic E-state index is 0.112. The van der Waals surface area contributed by atoms with Crippen molar-refractivity contribution >= 4 is 0 Å². The molecular formula is C20H28O5. The van der Waals surface area contributed by atoms with E-state index >= 15 is 0 Å². The van der Waals surface area contributed by atoms with Crippen molar-refractivity contribution in [1.82, 2.24) is 0 Å². The molecule has 1 aromatic rings. The van der Waals surface area contributed by atoms with Gasteiger partial charge in [-0.3, -0.25) is 0 Å². The van der Waals surface area contributed by atoms with E-state index in [0.29, 0.717) is 32.7 Å². The van der Waals surface area contributed by atoms with Gasteiger partial charge in [0, 0.05) is 19.6 Å². The van der Waals surface area contributed by atoms with E-state index in [1.165, 1.54) is 0 Å². The summed E-state index contributed by atoms with van der Waals surface area (Å²) in [4.78, 5) is 0. The van der Waals surface area contributed by atoms with Crippen LogP contribution in [0.1, 0.15) is 37.7 Å². The van der Waals surface area contributed by atoms with E-state index in [9.17, 15) is 5.11 Å². The largest absolute Gasteiger partial charge is 0.497 e. The van der Waals surface area contributed by atoms with Gasteiger partial charge in [-0.05, 0) is 43.4 Å². The zero-order valence-corrected chi connectivity index (χ0v) is 14.9. The molecule has 138 valence electrons. The lowest BCUT2D eigenvalue weighted by Crippen LogP contribution is -2.22. The fourth-order valence-corrected chi connectivity index (χ4v) is 2.45. The van der Waals surface area contributed by atoms with Crippen LogP contribution in [-0.4, -0.2) is 44.4 Å². The molecule has 1 aliphatic rings. The van der Waals surface area contributed by atoms with Crippen molar-refractivity contribution in [2.24, 2.45) is 0 Å². The second-order valence-electron chi connectivity index (χ2n) is 6.01. The molecule has 5 heteroatoms. The minimum atomic E-state index is -0.478. The molecule has 1 N–H and O–H groups in total. The molecule has 1 aromatic carbocycles. The van der Waals surface area contributed by atoms with E-state index in [-0.39, 0.29) is 6.29 Å². The normalized spacial score (nSPS) is 18.2. The van der Waals surface area contributed by atoms with Crippen molar-refractivity contribution in [2.75, 3.05) is 26.9 Å². The van der Waals surface area contributed by atoms with E-state index in [0.717, 1.165) is 37.2 Å². The predicted octanol–water partition coefficient (Wildman–Crippen LogP) is 2.90. The molecule has 1 saturated heterocycles. The standard InChI is InChI=1S/C20H28O5/c1-22-19-10-8-17(9-11-19)16-23-15-12-18(21)6-2-4-13-24-20-7-3-5-14-25-20/h8-11,18,20-21H,3,5-7,12-16H2,1H3/t18-,20?/m1/s1. The molecule has 1 unspecified atom stereocenters. The van der Waals surface area contributed by atoms with Gasteiger partial charge in [0.25, 0.3) is 0 Å². The van der Waals surface area contributed by atoms with Gasteiger partial charge in [0.2, 0.25) is 0 Å². The third-order valence-electron chi connectivity index (χ3n) is 3.97. The van der Waals surface area contributed by atoms with Crippen LogP contribution in [0.3, 0.4) is 0 Å². The number of ether oxygens (including phenoxy) is 4. The van der Waals surface area contributed by atoms with Crippen LogP contribution in [-0.2, 0) is 20.8 Å². The Morgan fingerprint density at radius 2 is 2.08 bits per heavy atom. The van der Waals surface area contributed by atoms with Crippen LogP contribution >= 0.6 is 0 Å². The summed E-state index contributed by atoms with van der Waals surface area (Å²) in [5.74, 6) is 6.70. The van der Waals surface area contributed by atoms with Crippen LogP contribution in [0.25, 0.3) is 0 Å². The molecule has 0 amide bonds. The van der Waals surface area contributed by atoms with Crippen LogP contribution in [0.5, 0.6) is 5.75 Å². The van der Waals surface area contributed by atoms with Gasteiger partial charge in [-0.1, -0.05) is 24.0 Å². The topological polar surface area (TPSA) is 57.2 Å². The van der Waals surface area contributed by atoms with E-state index in [2.05, 4.69) is 11.8 Å². The van der Waals surface area contributed by atoms with E-state index in [4.69, 9.17) is 18.9 Å². The second-order valence-corrected chi connectivity index (χ2v) is 6.01. The number of benzene rings is 1. The molecule has 0 aromatic heterocycles. The Hall–Kier alpha value is -1.58. The highest BCUT2D eigenvalue weighted by Gasteiger charge is 2.12. The van der Waals surface area contributed by atoms with Crippen molar-refractivity contribution in [2.45, 2.75) is 51.1 Å². The molecule has 5 nitrogen and oxygen atoms in total. The third-order valence-corrected chi connectivity index (χ3v) is 3.97. The van der Waals surface area contributed by atoms with Crippen molar-refractivity contribution in [1.29, 1.82) is 0 Å². The fraction of sp³-hybridized carbons (Fsp3) is 0.600. The van der Waals surface area contributed by atoms with E-state index in [1.54, 1.807) is 7.11 Å². The van der Waals surface area contributed by atoms with Crippen LogP contribution < -0.4 is 4.74 Å². The average molecular weight is 348 g/mol. The van der Waals surface area contributed by atoms with Crippen molar-refractivity contribution in [3.05, 3.63) is 29.8 Å². The summed E-state index contributed by atoms with van der Waals surface area (Å²) in [7, 11) is 1.64. The first-order valence-electron chi connectivity index (χ1n) is 8.85. The van der Waals surface area contributed by atoms with Gasteiger partial charge in [-0.25, -0.2) is 0 Å². The maximum absolute atomic E-state index is 9.90.